The first-order chi connectivity index (χ1) is 11.9. The van der Waals surface area contributed by atoms with E-state index >= 15 is 0 Å². The molecule has 0 N–H and O–H groups in total. The lowest BCUT2D eigenvalue weighted by atomic mass is 9.86. The highest BCUT2D eigenvalue weighted by Gasteiger charge is 2.59. The van der Waals surface area contributed by atoms with Crippen molar-refractivity contribution in [3.05, 3.63) is 11.3 Å². The number of thioether (sulfide) groups is 1. The number of fused-ring (bicyclic) bond motifs is 1. The number of hydrogen-bond acceptors (Lipinski definition) is 8. The van der Waals surface area contributed by atoms with Crippen molar-refractivity contribution < 1.29 is 18.0 Å². The number of rotatable bonds is 4. The molecule has 12 heteroatoms. The number of aromatic nitrogens is 4. The summed E-state index contributed by atoms with van der Waals surface area (Å²) in [7, 11) is -2.02. The minimum absolute atomic E-state index is 0.141. The van der Waals surface area contributed by atoms with Gasteiger partial charge in [0.15, 0.2) is 21.0 Å². The van der Waals surface area contributed by atoms with Gasteiger partial charge in [0.1, 0.15) is 5.38 Å². The molecule has 1 amide bonds. The van der Waals surface area contributed by atoms with Crippen LogP contribution >= 0.6 is 23.4 Å². The maximum Gasteiger partial charge on any atom is 0.249 e. The predicted octanol–water partition coefficient (Wildman–Crippen LogP) is 0.376. The molecule has 0 aromatic carbocycles. The van der Waals surface area contributed by atoms with Crippen LogP contribution in [0.3, 0.4) is 0 Å². The number of carbonyl (C=O) groups excluding carboxylic acids is 2. The Bertz CT molecular complexity index is 918. The lowest BCUT2D eigenvalue weighted by molar-refractivity contribution is -0.142. The second-order valence-corrected chi connectivity index (χ2v) is 10.7. The maximum atomic E-state index is 13.0. The van der Waals surface area contributed by atoms with E-state index in [-0.39, 0.29) is 23.0 Å². The smallest absolute Gasteiger partial charge is 0.249 e. The van der Waals surface area contributed by atoms with Gasteiger partial charge in [-0.15, -0.1) is 16.7 Å². The van der Waals surface area contributed by atoms with Crippen LogP contribution in [0, 0.1) is 5.41 Å². The summed E-state index contributed by atoms with van der Waals surface area (Å²) in [5.74, 6) is -0.995. The van der Waals surface area contributed by atoms with Gasteiger partial charge >= 0.3 is 0 Å². The fourth-order valence-electron chi connectivity index (χ4n) is 2.81. The lowest BCUT2D eigenvalue weighted by Gasteiger charge is -2.48. The van der Waals surface area contributed by atoms with Crippen molar-refractivity contribution in [1.82, 2.24) is 25.1 Å². The number of halogens is 1. The summed E-state index contributed by atoms with van der Waals surface area (Å²) in [5, 5.41) is 9.22. The average Bonchev–Trinajstić information content (AvgIpc) is 2.94. The molecule has 0 radical (unpaired) electrons. The van der Waals surface area contributed by atoms with Crippen LogP contribution in [-0.4, -0.2) is 67.5 Å². The molecule has 2 aliphatic rings. The summed E-state index contributed by atoms with van der Waals surface area (Å²) >= 11 is 7.13. The molecule has 1 fully saturated rings. The van der Waals surface area contributed by atoms with E-state index in [0.29, 0.717) is 10.7 Å². The summed E-state index contributed by atoms with van der Waals surface area (Å²) in [5.41, 5.74) is -0.270. The fraction of sp³-hybridized carbons (Fsp3) is 0.643. The fourth-order valence-corrected chi connectivity index (χ4v) is 6.39. The Morgan fingerprint density at radius 1 is 1.38 bits per heavy atom. The number of aryl methyl sites for hydroxylation is 1. The number of nitrogens with zero attached hydrogens (tertiary/aromatic N) is 5. The number of amides is 1. The van der Waals surface area contributed by atoms with Crippen LogP contribution in [0.2, 0.25) is 0 Å². The van der Waals surface area contributed by atoms with Gasteiger partial charge in [0.2, 0.25) is 11.1 Å². The molecule has 0 spiro atoms. The second kappa shape index (κ2) is 6.31. The van der Waals surface area contributed by atoms with Gasteiger partial charge in [0, 0.05) is 18.2 Å². The monoisotopic (exact) mass is 419 g/mol. The first-order valence-corrected chi connectivity index (χ1v) is 10.9. The Morgan fingerprint density at radius 3 is 2.58 bits per heavy atom. The highest BCUT2D eigenvalue weighted by molar-refractivity contribution is 7.99. The topological polar surface area (TPSA) is 115 Å². The molecule has 26 heavy (non-hydrogen) atoms. The van der Waals surface area contributed by atoms with Crippen molar-refractivity contribution in [1.29, 1.82) is 0 Å². The molecule has 2 aliphatic heterocycles. The molecular weight excluding hydrogens is 402 g/mol. The molecule has 3 heterocycles. The van der Waals surface area contributed by atoms with Crippen molar-refractivity contribution in [3.63, 3.8) is 0 Å². The van der Waals surface area contributed by atoms with Crippen molar-refractivity contribution in [3.8, 4) is 0 Å². The SMILES string of the molecule is Cn1nnnc1SCC1=C(C(=O)C(C)(C)C)N2C(=O)[C@H](Cl)[C@H]2S(=O)(=O)C1. The van der Waals surface area contributed by atoms with E-state index in [2.05, 4.69) is 15.5 Å². The van der Waals surface area contributed by atoms with Crippen LogP contribution < -0.4 is 0 Å². The third-order valence-electron chi connectivity index (χ3n) is 4.15. The standard InChI is InChI=1S/C14H18ClN5O4S2/c1-14(2,3)10(21)9-7(5-25-13-16-17-18-19(13)4)6-26(23,24)12-8(15)11(22)20(9)12/h8,12H,5-6H2,1-4H3/t8-,12+/m0/s1. The van der Waals surface area contributed by atoms with Gasteiger partial charge in [-0.05, 0) is 16.0 Å². The number of β-lactam (4-membered cyclic amide) rings is 1. The summed E-state index contributed by atoms with van der Waals surface area (Å²) in [6.45, 7) is 5.17. The maximum absolute atomic E-state index is 13.0. The van der Waals surface area contributed by atoms with E-state index in [4.69, 9.17) is 11.6 Å². The van der Waals surface area contributed by atoms with Crippen molar-refractivity contribution in [2.45, 2.75) is 36.7 Å². The zero-order valence-electron chi connectivity index (χ0n) is 14.6. The normalized spacial score (nSPS) is 25.1. The van der Waals surface area contributed by atoms with Crippen molar-refractivity contribution >= 4 is 44.9 Å². The average molecular weight is 420 g/mol. The number of Topliss-reactive ketones (excluding diaryl/α,β-unsaturated/α-hetero) is 1. The van der Waals surface area contributed by atoms with Crippen LogP contribution in [0.5, 0.6) is 0 Å². The molecule has 2 atom stereocenters. The summed E-state index contributed by atoms with van der Waals surface area (Å²) in [6, 6.07) is 0. The van der Waals surface area contributed by atoms with Gasteiger partial charge in [-0.1, -0.05) is 32.5 Å². The van der Waals surface area contributed by atoms with Gasteiger partial charge in [0.05, 0.1) is 11.4 Å². The first kappa shape index (κ1) is 19.3. The minimum atomic E-state index is -3.68. The van der Waals surface area contributed by atoms with E-state index < -0.39 is 31.9 Å². The van der Waals surface area contributed by atoms with Crippen LogP contribution in [0.4, 0.5) is 0 Å². The quantitative estimate of drug-likeness (QED) is 0.390. The van der Waals surface area contributed by atoms with Gasteiger partial charge in [0.25, 0.3) is 0 Å². The van der Waals surface area contributed by atoms with Gasteiger partial charge in [-0.2, -0.15) is 0 Å². The van der Waals surface area contributed by atoms with Crippen molar-refractivity contribution in [2.75, 3.05) is 11.5 Å². The van der Waals surface area contributed by atoms with Gasteiger partial charge in [-0.25, -0.2) is 13.1 Å². The zero-order chi connectivity index (χ0) is 19.4. The van der Waals surface area contributed by atoms with E-state index in [1.807, 2.05) is 0 Å². The first-order valence-electron chi connectivity index (χ1n) is 7.76. The minimum Gasteiger partial charge on any atom is -0.292 e. The van der Waals surface area contributed by atoms with Crippen molar-refractivity contribution in [2.24, 2.45) is 12.5 Å². The van der Waals surface area contributed by atoms with E-state index in [0.717, 1.165) is 4.90 Å². The Hall–Kier alpha value is -1.46. The number of sulfone groups is 1. The van der Waals surface area contributed by atoms with Gasteiger partial charge in [-0.3, -0.25) is 14.5 Å². The highest BCUT2D eigenvalue weighted by atomic mass is 35.5. The third kappa shape index (κ3) is 3.05. The molecule has 1 aromatic heterocycles. The summed E-state index contributed by atoms with van der Waals surface area (Å²) < 4.78 is 26.6. The van der Waals surface area contributed by atoms with Crippen LogP contribution in [0.15, 0.2) is 16.4 Å². The highest BCUT2D eigenvalue weighted by Crippen LogP contribution is 2.42. The van der Waals surface area contributed by atoms with Crippen LogP contribution in [0.25, 0.3) is 0 Å². The van der Waals surface area contributed by atoms with Crippen LogP contribution in [-0.2, 0) is 26.5 Å². The number of tetrazole rings is 1. The lowest BCUT2D eigenvalue weighted by Crippen LogP contribution is -2.68. The Morgan fingerprint density at radius 2 is 2.04 bits per heavy atom. The van der Waals surface area contributed by atoms with Crippen LogP contribution in [0.1, 0.15) is 20.8 Å². The molecule has 0 aliphatic carbocycles. The molecule has 0 bridgehead atoms. The molecule has 3 rings (SSSR count). The largest absolute Gasteiger partial charge is 0.292 e. The van der Waals surface area contributed by atoms with E-state index in [1.165, 1.54) is 16.4 Å². The zero-order valence-corrected chi connectivity index (χ0v) is 17.0. The molecule has 142 valence electrons. The molecule has 1 saturated heterocycles. The third-order valence-corrected chi connectivity index (χ3v) is 7.79. The van der Waals surface area contributed by atoms with E-state index in [9.17, 15) is 18.0 Å². The number of alkyl halides is 1. The molecule has 0 unspecified atom stereocenters. The molecule has 0 saturated carbocycles. The number of allylic oxidation sites excluding steroid dienone is 1. The molecule has 1 aromatic rings. The summed E-state index contributed by atoms with van der Waals surface area (Å²) in [4.78, 5) is 26.3. The Labute approximate surface area is 160 Å². The summed E-state index contributed by atoms with van der Waals surface area (Å²) in [6.07, 6.45) is 0. The van der Waals surface area contributed by atoms with E-state index in [1.54, 1.807) is 27.8 Å². The predicted molar refractivity (Wildman–Crippen MR) is 95.1 cm³/mol. The number of carbonyl (C=O) groups is 2. The Balaban J connectivity index is 2.04. The second-order valence-electron chi connectivity index (χ2n) is 7.21. The Kier molecular flexibility index (Phi) is 4.68. The number of hydrogen-bond donors (Lipinski definition) is 0. The molecule has 9 nitrogen and oxygen atoms in total. The molecular formula is C14H18ClN5O4S2. The number of ketones is 1. The van der Waals surface area contributed by atoms with Gasteiger partial charge < -0.3 is 0 Å².